The van der Waals surface area contributed by atoms with Crippen molar-refractivity contribution in [2.45, 2.75) is 18.9 Å². The van der Waals surface area contributed by atoms with E-state index in [2.05, 4.69) is 10.6 Å². The molecule has 1 rings (SSSR count). The van der Waals surface area contributed by atoms with Gasteiger partial charge in [-0.3, -0.25) is 4.79 Å². The quantitative estimate of drug-likeness (QED) is 0.568. The Kier molecular flexibility index (Phi) is 2.40. The molecule has 1 aliphatic heterocycles. The van der Waals surface area contributed by atoms with Crippen molar-refractivity contribution in [1.82, 2.24) is 10.3 Å². The molecule has 0 spiro atoms. The van der Waals surface area contributed by atoms with E-state index in [0.29, 0.717) is 6.54 Å². The number of amides is 1. The van der Waals surface area contributed by atoms with Crippen LogP contribution < -0.4 is 5.32 Å². The second-order valence-corrected chi connectivity index (χ2v) is 2.52. The molecule has 1 fully saturated rings. The van der Waals surface area contributed by atoms with Gasteiger partial charge in [0.15, 0.2) is 0 Å². The van der Waals surface area contributed by atoms with Crippen molar-refractivity contribution in [2.75, 3.05) is 13.6 Å². The normalized spacial score (nSPS) is 23.4. The molecular weight excluding hydrogens is 146 g/mol. The summed E-state index contributed by atoms with van der Waals surface area (Å²) < 4.78 is 0. The molecule has 0 aromatic rings. The van der Waals surface area contributed by atoms with Crippen molar-refractivity contribution in [2.24, 2.45) is 5.29 Å². The number of carbonyl (C=O) groups excluding carboxylic acids is 1. The van der Waals surface area contributed by atoms with E-state index in [1.54, 1.807) is 7.05 Å². The molecule has 0 aromatic carbocycles. The van der Waals surface area contributed by atoms with Crippen molar-refractivity contribution >= 4 is 5.91 Å². The first-order valence-electron chi connectivity index (χ1n) is 3.61. The van der Waals surface area contributed by atoms with Crippen molar-refractivity contribution in [3.05, 3.63) is 4.91 Å². The van der Waals surface area contributed by atoms with Gasteiger partial charge in [-0.25, -0.2) is 5.01 Å². The molecule has 62 valence electrons. The maximum absolute atomic E-state index is 11.0. The third-order valence-corrected chi connectivity index (χ3v) is 1.88. The summed E-state index contributed by atoms with van der Waals surface area (Å²) in [5.74, 6) is -0.123. The number of carbonyl (C=O) groups is 1. The van der Waals surface area contributed by atoms with Crippen LogP contribution in [0.2, 0.25) is 0 Å². The van der Waals surface area contributed by atoms with Crippen molar-refractivity contribution in [3.63, 3.8) is 0 Å². The summed E-state index contributed by atoms with van der Waals surface area (Å²) >= 11 is 0. The molecule has 1 saturated heterocycles. The second kappa shape index (κ2) is 3.32. The molecule has 0 radical (unpaired) electrons. The van der Waals surface area contributed by atoms with E-state index in [-0.39, 0.29) is 11.9 Å². The van der Waals surface area contributed by atoms with Gasteiger partial charge in [-0.15, -0.1) is 4.91 Å². The van der Waals surface area contributed by atoms with Crippen LogP contribution in [0.15, 0.2) is 5.29 Å². The molecule has 1 N–H and O–H groups in total. The fourth-order valence-corrected chi connectivity index (χ4v) is 1.28. The van der Waals surface area contributed by atoms with E-state index in [9.17, 15) is 9.70 Å². The van der Waals surface area contributed by atoms with E-state index in [1.165, 1.54) is 5.01 Å². The highest BCUT2D eigenvalue weighted by Crippen LogP contribution is 2.16. The highest BCUT2D eigenvalue weighted by Gasteiger charge is 2.29. The lowest BCUT2D eigenvalue weighted by Gasteiger charge is -2.15. The summed E-state index contributed by atoms with van der Waals surface area (Å²) in [4.78, 5) is 21.2. The molecule has 1 heterocycles. The first-order chi connectivity index (χ1) is 5.29. The number of rotatable bonds is 2. The number of nitroso groups, excluding NO2 is 1. The Balaban J connectivity index is 2.56. The molecule has 1 amide bonds. The smallest absolute Gasteiger partial charge is 0.244 e. The molecule has 1 aliphatic rings. The van der Waals surface area contributed by atoms with Crippen LogP contribution >= 0.6 is 0 Å². The van der Waals surface area contributed by atoms with Crippen LogP contribution in [-0.4, -0.2) is 30.6 Å². The van der Waals surface area contributed by atoms with Gasteiger partial charge in [-0.05, 0) is 12.8 Å². The molecule has 1 atom stereocenters. The molecule has 0 aromatic heterocycles. The minimum atomic E-state index is -0.336. The highest BCUT2D eigenvalue weighted by molar-refractivity contribution is 5.81. The van der Waals surface area contributed by atoms with Gasteiger partial charge in [0.05, 0.1) is 5.29 Å². The zero-order valence-corrected chi connectivity index (χ0v) is 6.41. The van der Waals surface area contributed by atoms with E-state index >= 15 is 0 Å². The van der Waals surface area contributed by atoms with E-state index in [4.69, 9.17) is 0 Å². The zero-order chi connectivity index (χ0) is 8.27. The van der Waals surface area contributed by atoms with Crippen molar-refractivity contribution in [1.29, 1.82) is 0 Å². The summed E-state index contributed by atoms with van der Waals surface area (Å²) in [6.45, 7) is 0.599. The van der Waals surface area contributed by atoms with Gasteiger partial charge in [-0.1, -0.05) is 0 Å². The summed E-state index contributed by atoms with van der Waals surface area (Å²) in [5, 5.41) is 6.54. The Hall–Kier alpha value is -1.13. The Morgan fingerprint density at radius 1 is 1.73 bits per heavy atom. The molecule has 0 aliphatic carbocycles. The van der Waals surface area contributed by atoms with Crippen LogP contribution in [0.3, 0.4) is 0 Å². The molecular formula is C6H11N3O2. The van der Waals surface area contributed by atoms with Gasteiger partial charge in [0.2, 0.25) is 5.91 Å². The summed E-state index contributed by atoms with van der Waals surface area (Å²) in [5.41, 5.74) is 0. The summed E-state index contributed by atoms with van der Waals surface area (Å²) in [6.07, 6.45) is 1.59. The van der Waals surface area contributed by atoms with Crippen LogP contribution in [-0.2, 0) is 4.79 Å². The maximum Gasteiger partial charge on any atom is 0.244 e. The molecule has 5 nitrogen and oxygen atoms in total. The second-order valence-electron chi connectivity index (χ2n) is 2.52. The largest absolute Gasteiger partial charge is 0.357 e. The summed E-state index contributed by atoms with van der Waals surface area (Å²) in [6, 6.07) is -0.336. The Labute approximate surface area is 64.7 Å². The number of likely N-dealkylation sites (N-methyl/N-ethyl adjacent to an activating group) is 1. The maximum atomic E-state index is 11.0. The van der Waals surface area contributed by atoms with Gasteiger partial charge < -0.3 is 5.32 Å². The lowest BCUT2D eigenvalue weighted by molar-refractivity contribution is -0.124. The lowest BCUT2D eigenvalue weighted by atomic mass is 10.2. The van der Waals surface area contributed by atoms with E-state index in [0.717, 1.165) is 12.8 Å². The first-order valence-corrected chi connectivity index (χ1v) is 3.61. The monoisotopic (exact) mass is 157 g/mol. The van der Waals surface area contributed by atoms with Crippen LogP contribution in [0.4, 0.5) is 0 Å². The van der Waals surface area contributed by atoms with Crippen LogP contribution in [0.5, 0.6) is 0 Å². The molecule has 0 unspecified atom stereocenters. The third kappa shape index (κ3) is 1.47. The van der Waals surface area contributed by atoms with Gasteiger partial charge in [0.25, 0.3) is 0 Å². The predicted octanol–water partition coefficient (Wildman–Crippen LogP) is -0.122. The first kappa shape index (κ1) is 7.97. The average molecular weight is 157 g/mol. The number of nitrogens with one attached hydrogen (secondary N) is 1. The van der Waals surface area contributed by atoms with Crippen molar-refractivity contribution < 1.29 is 4.79 Å². The van der Waals surface area contributed by atoms with Crippen LogP contribution in [0.1, 0.15) is 12.8 Å². The number of nitrogens with zero attached hydrogens (tertiary/aromatic N) is 2. The molecule has 0 saturated carbocycles. The van der Waals surface area contributed by atoms with E-state index in [1.807, 2.05) is 0 Å². The van der Waals surface area contributed by atoms with Gasteiger partial charge in [0.1, 0.15) is 6.04 Å². The third-order valence-electron chi connectivity index (χ3n) is 1.88. The number of hydrogen-bond donors (Lipinski definition) is 1. The standard InChI is InChI=1S/C6H11N3O2/c1-7-6(10)5-3-2-4-9(5)8-11/h5H,2-4H2,1H3,(H,7,10)/t5-/m0/s1. The zero-order valence-electron chi connectivity index (χ0n) is 6.41. The van der Waals surface area contributed by atoms with Gasteiger partial charge in [-0.2, -0.15) is 0 Å². The minimum Gasteiger partial charge on any atom is -0.357 e. The lowest BCUT2D eigenvalue weighted by Crippen LogP contribution is -2.38. The predicted molar refractivity (Wildman–Crippen MR) is 39.6 cm³/mol. The number of hydrogen-bond acceptors (Lipinski definition) is 3. The highest BCUT2D eigenvalue weighted by atomic mass is 16.3. The molecule has 0 bridgehead atoms. The molecule has 11 heavy (non-hydrogen) atoms. The topological polar surface area (TPSA) is 61.8 Å². The van der Waals surface area contributed by atoms with Crippen LogP contribution in [0.25, 0.3) is 0 Å². The van der Waals surface area contributed by atoms with Crippen LogP contribution in [0, 0.1) is 4.91 Å². The SMILES string of the molecule is CNC(=O)[C@@H]1CCCN1N=O. The fraction of sp³-hybridized carbons (Fsp3) is 0.833. The average Bonchev–Trinajstić information content (AvgIpc) is 2.50. The van der Waals surface area contributed by atoms with E-state index < -0.39 is 0 Å². The Morgan fingerprint density at radius 3 is 3.00 bits per heavy atom. The Bertz CT molecular complexity index is 171. The summed E-state index contributed by atoms with van der Waals surface area (Å²) in [7, 11) is 1.56. The minimum absolute atomic E-state index is 0.123. The van der Waals surface area contributed by atoms with Crippen molar-refractivity contribution in [3.8, 4) is 0 Å². The Morgan fingerprint density at radius 2 is 2.45 bits per heavy atom. The van der Waals surface area contributed by atoms with Gasteiger partial charge >= 0.3 is 0 Å². The molecule has 5 heteroatoms. The fourth-order valence-electron chi connectivity index (χ4n) is 1.28. The van der Waals surface area contributed by atoms with Gasteiger partial charge in [0, 0.05) is 13.6 Å².